The van der Waals surface area contributed by atoms with Gasteiger partial charge in [0.05, 0.1) is 11.4 Å². The highest BCUT2D eigenvalue weighted by Gasteiger charge is 2.19. The first-order valence-electron chi connectivity index (χ1n) is 8.57. The SMILES string of the molecule is C[C@@H](Sc1nnc(NC[C@H]2CCCO2)s1)C(=O)Nc1ccc(C(N)=O)cc1. The first-order chi connectivity index (χ1) is 13.0. The van der Waals surface area contributed by atoms with Crippen molar-refractivity contribution in [3.63, 3.8) is 0 Å². The third-order valence-corrected chi connectivity index (χ3v) is 6.06. The predicted octanol–water partition coefficient (Wildman–Crippen LogP) is 2.35. The van der Waals surface area contributed by atoms with Crippen molar-refractivity contribution in [1.29, 1.82) is 0 Å². The van der Waals surface area contributed by atoms with Crippen molar-refractivity contribution in [3.05, 3.63) is 29.8 Å². The maximum atomic E-state index is 12.3. The van der Waals surface area contributed by atoms with E-state index in [0.29, 0.717) is 11.3 Å². The molecule has 0 bridgehead atoms. The number of carbonyl (C=O) groups excluding carboxylic acids is 2. The minimum atomic E-state index is -0.503. The van der Waals surface area contributed by atoms with Crippen LogP contribution in [0.15, 0.2) is 28.6 Å². The quantitative estimate of drug-likeness (QED) is 0.575. The molecule has 10 heteroatoms. The lowest BCUT2D eigenvalue weighted by molar-refractivity contribution is -0.115. The second kappa shape index (κ2) is 9.16. The number of nitrogens with two attached hydrogens (primary N) is 1. The van der Waals surface area contributed by atoms with Gasteiger partial charge < -0.3 is 21.1 Å². The zero-order valence-electron chi connectivity index (χ0n) is 14.8. The molecule has 3 rings (SSSR count). The Morgan fingerprint density at radius 1 is 1.37 bits per heavy atom. The zero-order chi connectivity index (χ0) is 19.2. The van der Waals surface area contributed by atoms with E-state index in [1.807, 2.05) is 0 Å². The summed E-state index contributed by atoms with van der Waals surface area (Å²) in [6, 6.07) is 6.44. The summed E-state index contributed by atoms with van der Waals surface area (Å²) in [6.45, 7) is 3.34. The van der Waals surface area contributed by atoms with Crippen LogP contribution in [0.1, 0.15) is 30.1 Å². The minimum absolute atomic E-state index is 0.157. The maximum Gasteiger partial charge on any atom is 0.248 e. The van der Waals surface area contributed by atoms with Crippen molar-refractivity contribution in [2.75, 3.05) is 23.8 Å². The first-order valence-corrected chi connectivity index (χ1v) is 10.3. The van der Waals surface area contributed by atoms with Gasteiger partial charge in [0, 0.05) is 24.4 Å². The van der Waals surface area contributed by atoms with Crippen LogP contribution in [-0.2, 0) is 9.53 Å². The van der Waals surface area contributed by atoms with Crippen molar-refractivity contribution < 1.29 is 14.3 Å². The molecule has 144 valence electrons. The second-order valence-corrected chi connectivity index (χ2v) is 8.65. The molecule has 1 aromatic heterocycles. The molecule has 8 nitrogen and oxygen atoms in total. The fraction of sp³-hybridized carbons (Fsp3) is 0.412. The van der Waals surface area contributed by atoms with Crippen molar-refractivity contribution >= 4 is 45.7 Å². The molecule has 0 unspecified atom stereocenters. The van der Waals surface area contributed by atoms with Crippen molar-refractivity contribution in [3.8, 4) is 0 Å². The van der Waals surface area contributed by atoms with Crippen LogP contribution in [0.5, 0.6) is 0 Å². The highest BCUT2D eigenvalue weighted by atomic mass is 32.2. The smallest absolute Gasteiger partial charge is 0.248 e. The molecule has 2 atom stereocenters. The molecule has 0 radical (unpaired) electrons. The molecular weight excluding hydrogens is 386 g/mol. The minimum Gasteiger partial charge on any atom is -0.376 e. The molecule has 2 heterocycles. The van der Waals surface area contributed by atoms with Crippen LogP contribution in [0.3, 0.4) is 0 Å². The zero-order valence-corrected chi connectivity index (χ0v) is 16.4. The molecule has 0 aliphatic carbocycles. The molecule has 4 N–H and O–H groups in total. The lowest BCUT2D eigenvalue weighted by Gasteiger charge is -2.10. The predicted molar refractivity (Wildman–Crippen MR) is 106 cm³/mol. The fourth-order valence-electron chi connectivity index (χ4n) is 2.50. The Kier molecular flexibility index (Phi) is 6.64. The number of ether oxygens (including phenoxy) is 1. The number of amides is 2. The van der Waals surface area contributed by atoms with Crippen LogP contribution >= 0.6 is 23.1 Å². The van der Waals surface area contributed by atoms with Crippen molar-refractivity contribution in [2.24, 2.45) is 5.73 Å². The molecule has 27 heavy (non-hydrogen) atoms. The largest absolute Gasteiger partial charge is 0.376 e. The highest BCUT2D eigenvalue weighted by molar-refractivity contribution is 8.02. The lowest BCUT2D eigenvalue weighted by Crippen LogP contribution is -2.22. The van der Waals surface area contributed by atoms with E-state index in [0.717, 1.165) is 35.5 Å². The number of aromatic nitrogens is 2. The van der Waals surface area contributed by atoms with Crippen LogP contribution in [0.4, 0.5) is 10.8 Å². The Labute approximate surface area is 165 Å². The molecule has 1 aromatic carbocycles. The number of primary amides is 1. The van der Waals surface area contributed by atoms with Gasteiger partial charge in [-0.2, -0.15) is 0 Å². The first kappa shape index (κ1) is 19.6. The number of nitrogens with zero attached hydrogens (tertiary/aromatic N) is 2. The number of nitrogens with one attached hydrogen (secondary N) is 2. The topological polar surface area (TPSA) is 119 Å². The van der Waals surface area contributed by atoms with Gasteiger partial charge in [0.2, 0.25) is 16.9 Å². The van der Waals surface area contributed by atoms with E-state index >= 15 is 0 Å². The number of hydrogen-bond acceptors (Lipinski definition) is 8. The van der Waals surface area contributed by atoms with E-state index < -0.39 is 5.91 Å². The second-order valence-electron chi connectivity index (χ2n) is 6.08. The van der Waals surface area contributed by atoms with Gasteiger partial charge in [0.1, 0.15) is 0 Å². The number of anilines is 2. The lowest BCUT2D eigenvalue weighted by atomic mass is 10.2. The molecule has 1 fully saturated rings. The third kappa shape index (κ3) is 5.65. The normalized spacial score (nSPS) is 17.4. The Balaban J connectivity index is 1.48. The fourth-order valence-corrected chi connectivity index (χ4v) is 4.40. The van der Waals surface area contributed by atoms with E-state index in [9.17, 15) is 9.59 Å². The molecule has 2 amide bonds. The monoisotopic (exact) mass is 407 g/mol. The summed E-state index contributed by atoms with van der Waals surface area (Å²) in [6.07, 6.45) is 2.39. The number of carbonyl (C=O) groups is 2. The van der Waals surface area contributed by atoms with E-state index in [4.69, 9.17) is 10.5 Å². The summed E-state index contributed by atoms with van der Waals surface area (Å²) in [5.74, 6) is -0.659. The van der Waals surface area contributed by atoms with Crippen LogP contribution in [0.25, 0.3) is 0 Å². The van der Waals surface area contributed by atoms with E-state index in [1.165, 1.54) is 23.1 Å². The standard InChI is InChI=1S/C17H21N5O3S2/c1-10(15(24)20-12-6-4-11(5-7-12)14(18)23)26-17-22-21-16(27-17)19-9-13-3-2-8-25-13/h4-7,10,13H,2-3,8-9H2,1H3,(H2,18,23)(H,19,21)(H,20,24)/t10-,13-/m1/s1. The van der Waals surface area contributed by atoms with E-state index in [1.54, 1.807) is 31.2 Å². The molecule has 1 saturated heterocycles. The van der Waals surface area contributed by atoms with E-state index in [-0.39, 0.29) is 17.3 Å². The Bertz CT molecular complexity index is 790. The molecule has 1 aliphatic heterocycles. The Morgan fingerprint density at radius 2 is 2.15 bits per heavy atom. The van der Waals surface area contributed by atoms with E-state index in [2.05, 4.69) is 20.8 Å². The summed E-state index contributed by atoms with van der Waals surface area (Å²) in [7, 11) is 0. The van der Waals surface area contributed by atoms with Gasteiger partial charge in [-0.25, -0.2) is 0 Å². The van der Waals surface area contributed by atoms with Crippen LogP contribution in [-0.4, -0.2) is 46.5 Å². The summed E-state index contributed by atoms with van der Waals surface area (Å²) >= 11 is 2.76. The third-order valence-electron chi connectivity index (χ3n) is 4.00. The summed E-state index contributed by atoms with van der Waals surface area (Å²) < 4.78 is 6.28. The van der Waals surface area contributed by atoms with Gasteiger partial charge >= 0.3 is 0 Å². The summed E-state index contributed by atoms with van der Waals surface area (Å²) in [4.78, 5) is 23.4. The summed E-state index contributed by atoms with van der Waals surface area (Å²) in [5.41, 5.74) is 6.21. The summed E-state index contributed by atoms with van der Waals surface area (Å²) in [5, 5.41) is 14.6. The van der Waals surface area contributed by atoms with Crippen LogP contribution in [0, 0.1) is 0 Å². The van der Waals surface area contributed by atoms with Crippen molar-refractivity contribution in [2.45, 2.75) is 35.5 Å². The Hall–Kier alpha value is -2.17. The number of thioether (sulfide) groups is 1. The van der Waals surface area contributed by atoms with Gasteiger partial charge in [-0.1, -0.05) is 23.1 Å². The average Bonchev–Trinajstić information content (AvgIpc) is 3.32. The maximum absolute atomic E-state index is 12.3. The molecule has 0 spiro atoms. The average molecular weight is 408 g/mol. The van der Waals surface area contributed by atoms with Crippen molar-refractivity contribution in [1.82, 2.24) is 10.2 Å². The van der Waals surface area contributed by atoms with Crippen LogP contribution in [0.2, 0.25) is 0 Å². The van der Waals surface area contributed by atoms with Gasteiger partial charge in [0.25, 0.3) is 0 Å². The molecule has 1 aliphatic rings. The molecular formula is C17H21N5O3S2. The number of benzene rings is 1. The molecule has 0 saturated carbocycles. The van der Waals surface area contributed by atoms with Gasteiger partial charge in [-0.3, -0.25) is 9.59 Å². The van der Waals surface area contributed by atoms with Crippen LogP contribution < -0.4 is 16.4 Å². The highest BCUT2D eigenvalue weighted by Crippen LogP contribution is 2.29. The number of rotatable bonds is 8. The van der Waals surface area contributed by atoms with Gasteiger partial charge in [-0.05, 0) is 44.0 Å². The number of hydrogen-bond donors (Lipinski definition) is 3. The van der Waals surface area contributed by atoms with Gasteiger partial charge in [-0.15, -0.1) is 10.2 Å². The molecule has 2 aromatic rings. The Morgan fingerprint density at radius 3 is 2.81 bits per heavy atom. The van der Waals surface area contributed by atoms with Gasteiger partial charge in [0.15, 0.2) is 4.34 Å².